The molecule has 0 saturated carbocycles. The Balaban J connectivity index is 1.43. The fraction of sp³-hybridized carbons (Fsp3) is 0.231. The number of aromatic nitrogens is 1. The van der Waals surface area contributed by atoms with E-state index in [1.807, 2.05) is 0 Å². The van der Waals surface area contributed by atoms with Crippen LogP contribution in [-0.4, -0.2) is 40.7 Å². The molecule has 38 heavy (non-hydrogen) atoms. The Kier molecular flexibility index (Phi) is 7.51. The number of hydrogen-bond donors (Lipinski definition) is 3. The maximum Gasteiger partial charge on any atom is 0.416 e. The lowest BCUT2D eigenvalue weighted by molar-refractivity contribution is -0.138. The lowest BCUT2D eigenvalue weighted by atomic mass is 9.85. The van der Waals surface area contributed by atoms with Gasteiger partial charge in [-0.3, -0.25) is 9.59 Å². The van der Waals surface area contributed by atoms with Gasteiger partial charge in [-0.05, 0) is 54.7 Å². The highest BCUT2D eigenvalue weighted by Gasteiger charge is 2.37. The highest BCUT2D eigenvalue weighted by molar-refractivity contribution is 6.02. The first-order valence-electron chi connectivity index (χ1n) is 11.6. The highest BCUT2D eigenvalue weighted by atomic mass is 19.4. The number of amides is 2. The molecule has 2 amide bonds. The number of rotatable bonds is 5. The van der Waals surface area contributed by atoms with E-state index < -0.39 is 29.5 Å². The molecule has 198 valence electrons. The van der Waals surface area contributed by atoms with Crippen molar-refractivity contribution in [3.8, 4) is 11.6 Å². The number of ether oxygens (including phenoxy) is 1. The van der Waals surface area contributed by atoms with E-state index in [0.29, 0.717) is 29.8 Å². The molecule has 1 fully saturated rings. The average Bonchev–Trinajstić information content (AvgIpc) is 2.87. The minimum Gasteiger partial charge on any atom is -0.439 e. The monoisotopic (exact) mass is 526 g/mol. The third-order valence-electron chi connectivity index (χ3n) is 6.12. The summed E-state index contributed by atoms with van der Waals surface area (Å²) in [5.74, 6) is -1.43. The molecule has 1 aliphatic heterocycles. The number of nitrogen functional groups attached to an aromatic ring is 1. The van der Waals surface area contributed by atoms with Crippen LogP contribution in [0.1, 0.15) is 50.6 Å². The third-order valence-corrected chi connectivity index (χ3v) is 6.12. The molecule has 0 radical (unpaired) electrons. The molecule has 12 heteroatoms. The zero-order chi connectivity index (χ0) is 27.4. The van der Waals surface area contributed by atoms with Crippen molar-refractivity contribution in [2.45, 2.75) is 24.9 Å². The van der Waals surface area contributed by atoms with Crippen LogP contribution in [0.4, 0.5) is 18.9 Å². The lowest BCUT2D eigenvalue weighted by Gasteiger charge is -2.33. The van der Waals surface area contributed by atoms with Crippen LogP contribution in [0.2, 0.25) is 0 Å². The first-order valence-corrected chi connectivity index (χ1v) is 11.6. The summed E-state index contributed by atoms with van der Waals surface area (Å²) in [6, 6.07) is 13.3. The maximum absolute atomic E-state index is 13.8. The topological polar surface area (TPSA) is 150 Å². The lowest BCUT2D eigenvalue weighted by Crippen LogP contribution is -2.38. The standard InChI is InChI=1S/C26H25F3N6O3/c27-26(28,29)21-12-16(23(36)34-25(31)32)4-6-20(21)15-8-10-35(11-9-15)24(37)17-5-7-22(33-14-17)38-19-3-1-2-18(30)13-19/h1-7,12-15H,8-11,30H2,(H4,31,32,34,36). The maximum atomic E-state index is 13.8. The predicted octanol–water partition coefficient (Wildman–Crippen LogP) is 3.91. The van der Waals surface area contributed by atoms with Gasteiger partial charge in [-0.25, -0.2) is 4.98 Å². The van der Waals surface area contributed by atoms with E-state index in [1.165, 1.54) is 18.3 Å². The molecule has 0 bridgehead atoms. The number of nitrogens with zero attached hydrogens (tertiary/aromatic N) is 3. The molecule has 9 nitrogen and oxygen atoms in total. The number of guanidine groups is 1. The Morgan fingerprint density at radius 3 is 2.32 bits per heavy atom. The van der Waals surface area contributed by atoms with Gasteiger partial charge in [0.05, 0.1) is 11.1 Å². The second-order valence-electron chi connectivity index (χ2n) is 8.77. The van der Waals surface area contributed by atoms with E-state index in [0.717, 1.165) is 6.07 Å². The van der Waals surface area contributed by atoms with Crippen LogP contribution in [0, 0.1) is 0 Å². The number of aliphatic imine (C=N–C) groups is 1. The van der Waals surface area contributed by atoms with E-state index in [1.54, 1.807) is 41.3 Å². The summed E-state index contributed by atoms with van der Waals surface area (Å²) in [6.45, 7) is 0.522. The largest absolute Gasteiger partial charge is 0.439 e. The minimum atomic E-state index is -4.68. The number of hydrogen-bond acceptors (Lipinski definition) is 5. The summed E-state index contributed by atoms with van der Waals surface area (Å²) in [6.07, 6.45) is -2.65. The Bertz CT molecular complexity index is 1360. The van der Waals surface area contributed by atoms with E-state index in [2.05, 4.69) is 9.98 Å². The molecule has 0 atom stereocenters. The molecule has 0 unspecified atom stereocenters. The van der Waals surface area contributed by atoms with Gasteiger partial charge in [-0.1, -0.05) is 12.1 Å². The van der Waals surface area contributed by atoms with Crippen molar-refractivity contribution >= 4 is 23.5 Å². The second-order valence-corrected chi connectivity index (χ2v) is 8.77. The van der Waals surface area contributed by atoms with Crippen molar-refractivity contribution in [3.05, 3.63) is 83.0 Å². The summed E-state index contributed by atoms with van der Waals surface area (Å²) in [5.41, 5.74) is 15.8. The van der Waals surface area contributed by atoms with Crippen molar-refractivity contribution in [3.63, 3.8) is 0 Å². The van der Waals surface area contributed by atoms with Crippen LogP contribution >= 0.6 is 0 Å². The van der Waals surface area contributed by atoms with Gasteiger partial charge in [-0.15, -0.1) is 0 Å². The van der Waals surface area contributed by atoms with Gasteiger partial charge >= 0.3 is 6.18 Å². The number of halogens is 3. The molecule has 6 N–H and O–H groups in total. The van der Waals surface area contributed by atoms with Gasteiger partial charge in [0, 0.05) is 42.7 Å². The third kappa shape index (κ3) is 6.20. The van der Waals surface area contributed by atoms with Crippen LogP contribution in [0.3, 0.4) is 0 Å². The number of nitrogens with two attached hydrogens (primary N) is 3. The molecule has 1 saturated heterocycles. The van der Waals surface area contributed by atoms with Crippen LogP contribution in [0.25, 0.3) is 0 Å². The molecular weight excluding hydrogens is 501 g/mol. The summed E-state index contributed by atoms with van der Waals surface area (Å²) >= 11 is 0. The molecule has 0 spiro atoms. The first-order chi connectivity index (χ1) is 18.0. The Labute approximate surface area is 216 Å². The summed E-state index contributed by atoms with van der Waals surface area (Å²) in [7, 11) is 0. The van der Waals surface area contributed by atoms with Crippen molar-refractivity contribution in [1.29, 1.82) is 0 Å². The van der Waals surface area contributed by atoms with Crippen molar-refractivity contribution in [1.82, 2.24) is 9.88 Å². The van der Waals surface area contributed by atoms with Crippen molar-refractivity contribution in [2.24, 2.45) is 16.5 Å². The molecule has 4 rings (SSSR count). The number of carbonyl (C=O) groups is 2. The normalized spacial score (nSPS) is 14.1. The quantitative estimate of drug-likeness (QED) is 0.259. The van der Waals surface area contributed by atoms with Crippen LogP contribution in [-0.2, 0) is 6.18 Å². The number of alkyl halides is 3. The molecule has 2 aromatic carbocycles. The molecule has 2 heterocycles. The summed E-state index contributed by atoms with van der Waals surface area (Å²) in [4.78, 5) is 34.0. The molecule has 1 aliphatic rings. The van der Waals surface area contributed by atoms with E-state index in [4.69, 9.17) is 21.9 Å². The summed E-state index contributed by atoms with van der Waals surface area (Å²) in [5, 5.41) is 0. The fourth-order valence-corrected chi connectivity index (χ4v) is 4.31. The molecule has 3 aromatic rings. The van der Waals surface area contributed by atoms with E-state index in [-0.39, 0.29) is 36.0 Å². The van der Waals surface area contributed by atoms with Gasteiger partial charge in [0.1, 0.15) is 5.75 Å². The zero-order valence-electron chi connectivity index (χ0n) is 20.1. The number of likely N-dealkylation sites (tertiary alicyclic amines) is 1. The van der Waals surface area contributed by atoms with Gasteiger partial charge in [0.25, 0.3) is 11.8 Å². The van der Waals surface area contributed by atoms with Crippen LogP contribution in [0.15, 0.2) is 65.8 Å². The van der Waals surface area contributed by atoms with Crippen LogP contribution < -0.4 is 21.9 Å². The zero-order valence-corrected chi connectivity index (χ0v) is 20.1. The molecule has 1 aromatic heterocycles. The van der Waals surface area contributed by atoms with Crippen molar-refractivity contribution < 1.29 is 27.5 Å². The minimum absolute atomic E-state index is 0.0653. The smallest absolute Gasteiger partial charge is 0.416 e. The SMILES string of the molecule is NC(N)=NC(=O)c1ccc(C2CCN(C(=O)c3ccc(Oc4cccc(N)c4)nc3)CC2)c(C(F)(F)F)c1. The Hall–Kier alpha value is -4.61. The number of piperidine rings is 1. The van der Waals surface area contributed by atoms with Crippen LogP contribution in [0.5, 0.6) is 11.6 Å². The van der Waals surface area contributed by atoms with Gasteiger partial charge in [0.15, 0.2) is 5.96 Å². The van der Waals surface area contributed by atoms with E-state index >= 15 is 0 Å². The number of pyridine rings is 1. The predicted molar refractivity (Wildman–Crippen MR) is 135 cm³/mol. The van der Waals surface area contributed by atoms with Gasteiger partial charge < -0.3 is 26.8 Å². The molecule has 0 aliphatic carbocycles. The highest BCUT2D eigenvalue weighted by Crippen LogP contribution is 2.39. The fourth-order valence-electron chi connectivity index (χ4n) is 4.31. The van der Waals surface area contributed by atoms with Crippen molar-refractivity contribution in [2.75, 3.05) is 18.8 Å². The molecular formula is C26H25F3N6O3. The first kappa shape index (κ1) is 26.5. The van der Waals surface area contributed by atoms with Gasteiger partial charge in [0.2, 0.25) is 5.88 Å². The number of benzene rings is 2. The second kappa shape index (κ2) is 10.8. The average molecular weight is 527 g/mol. The number of carbonyl (C=O) groups excluding carboxylic acids is 2. The Morgan fingerprint density at radius 1 is 1.00 bits per heavy atom. The summed E-state index contributed by atoms with van der Waals surface area (Å²) < 4.78 is 47.2. The van der Waals surface area contributed by atoms with E-state index in [9.17, 15) is 22.8 Å². The Morgan fingerprint density at radius 2 is 1.71 bits per heavy atom. The van der Waals surface area contributed by atoms with Gasteiger partial charge in [-0.2, -0.15) is 18.2 Å². The number of anilines is 1.